The number of likely N-dealkylation sites (tertiary alicyclic amines) is 1. The van der Waals surface area contributed by atoms with E-state index in [2.05, 4.69) is 10.6 Å². The van der Waals surface area contributed by atoms with Gasteiger partial charge >= 0.3 is 12.0 Å². The van der Waals surface area contributed by atoms with Crippen LogP contribution in [-0.2, 0) is 14.3 Å². The number of hydrogen-bond donors (Lipinski definition) is 2. The molecule has 2 unspecified atom stereocenters. The molecule has 1 aliphatic rings. The van der Waals surface area contributed by atoms with Crippen molar-refractivity contribution in [2.75, 3.05) is 25.5 Å². The first-order chi connectivity index (χ1) is 16.4. The third-order valence-electron chi connectivity index (χ3n) is 5.68. The normalized spacial score (nSPS) is 16.5. The first-order valence-electron chi connectivity index (χ1n) is 11.6. The number of para-hydroxylation sites is 1. The Morgan fingerprint density at radius 2 is 1.76 bits per heavy atom. The summed E-state index contributed by atoms with van der Waals surface area (Å²) in [6.07, 6.45) is 1.17. The Labute approximate surface area is 200 Å². The van der Waals surface area contributed by atoms with E-state index in [9.17, 15) is 14.4 Å². The molecule has 0 aromatic heterocycles. The van der Waals surface area contributed by atoms with Crippen LogP contribution in [0.15, 0.2) is 54.6 Å². The molecule has 0 radical (unpaired) electrons. The number of hydrogen-bond acceptors (Lipinski definition) is 5. The fourth-order valence-corrected chi connectivity index (χ4v) is 3.96. The summed E-state index contributed by atoms with van der Waals surface area (Å²) in [5.74, 6) is -0.248. The fourth-order valence-electron chi connectivity index (χ4n) is 3.96. The van der Waals surface area contributed by atoms with E-state index in [4.69, 9.17) is 9.47 Å². The Morgan fingerprint density at radius 3 is 2.41 bits per heavy atom. The molecule has 0 spiro atoms. The van der Waals surface area contributed by atoms with Crippen LogP contribution in [0, 0.1) is 5.92 Å². The highest BCUT2D eigenvalue weighted by Gasteiger charge is 2.30. The van der Waals surface area contributed by atoms with Crippen LogP contribution in [0.2, 0.25) is 0 Å². The SMILES string of the molecule is COc1ccc(C(CC(=O)OC(C)C)NC(=O)C2CCCN(C(=O)Nc3ccccc3)C2)cc1. The van der Waals surface area contributed by atoms with E-state index < -0.39 is 6.04 Å². The van der Waals surface area contributed by atoms with E-state index in [1.54, 1.807) is 38.0 Å². The van der Waals surface area contributed by atoms with Crippen LogP contribution in [0.4, 0.5) is 10.5 Å². The highest BCUT2D eigenvalue weighted by atomic mass is 16.5. The number of nitrogens with zero attached hydrogens (tertiary/aromatic N) is 1. The molecular weight excluding hydrogens is 434 g/mol. The van der Waals surface area contributed by atoms with Crippen LogP contribution in [0.1, 0.15) is 44.7 Å². The molecule has 2 N–H and O–H groups in total. The topological polar surface area (TPSA) is 97.0 Å². The number of anilines is 1. The first kappa shape index (κ1) is 25.1. The van der Waals surface area contributed by atoms with Gasteiger partial charge in [0.2, 0.25) is 5.91 Å². The van der Waals surface area contributed by atoms with Crippen molar-refractivity contribution in [3.63, 3.8) is 0 Å². The largest absolute Gasteiger partial charge is 0.497 e. The fraction of sp³-hybridized carbons (Fsp3) is 0.423. The van der Waals surface area contributed by atoms with Gasteiger partial charge in [0.15, 0.2) is 0 Å². The quantitative estimate of drug-likeness (QED) is 0.569. The molecule has 1 aliphatic heterocycles. The number of amides is 3. The van der Waals surface area contributed by atoms with E-state index in [0.29, 0.717) is 30.9 Å². The number of rotatable bonds is 8. The molecule has 34 heavy (non-hydrogen) atoms. The molecule has 1 heterocycles. The van der Waals surface area contributed by atoms with E-state index in [1.807, 2.05) is 42.5 Å². The summed E-state index contributed by atoms with van der Waals surface area (Å²) in [6, 6.07) is 15.7. The second-order valence-corrected chi connectivity index (χ2v) is 8.66. The van der Waals surface area contributed by atoms with Gasteiger partial charge in [0.25, 0.3) is 0 Å². The number of ether oxygens (including phenoxy) is 2. The molecule has 3 amide bonds. The summed E-state index contributed by atoms with van der Waals surface area (Å²) >= 11 is 0. The number of methoxy groups -OCH3 is 1. The molecule has 1 fully saturated rings. The molecule has 3 rings (SSSR count). The molecule has 182 valence electrons. The van der Waals surface area contributed by atoms with Crippen LogP contribution >= 0.6 is 0 Å². The van der Waals surface area contributed by atoms with Crippen molar-refractivity contribution in [1.82, 2.24) is 10.2 Å². The number of nitrogens with one attached hydrogen (secondary N) is 2. The van der Waals surface area contributed by atoms with Crippen molar-refractivity contribution >= 4 is 23.6 Å². The van der Waals surface area contributed by atoms with Gasteiger partial charge in [0.05, 0.1) is 31.6 Å². The zero-order valence-corrected chi connectivity index (χ0v) is 20.0. The summed E-state index contributed by atoms with van der Waals surface area (Å²) in [5, 5.41) is 5.89. The Morgan fingerprint density at radius 1 is 1.06 bits per heavy atom. The Bertz CT molecular complexity index is 962. The van der Waals surface area contributed by atoms with Crippen molar-refractivity contribution in [3.05, 3.63) is 60.2 Å². The minimum absolute atomic E-state index is 0.0151. The molecule has 0 bridgehead atoms. The van der Waals surface area contributed by atoms with Gasteiger partial charge in [-0.25, -0.2) is 4.79 Å². The maximum absolute atomic E-state index is 13.2. The van der Waals surface area contributed by atoms with Crippen molar-refractivity contribution in [3.8, 4) is 5.75 Å². The lowest BCUT2D eigenvalue weighted by Crippen LogP contribution is -2.47. The van der Waals surface area contributed by atoms with Gasteiger partial charge < -0.3 is 25.0 Å². The maximum Gasteiger partial charge on any atom is 0.321 e. The third-order valence-corrected chi connectivity index (χ3v) is 5.68. The highest BCUT2D eigenvalue weighted by molar-refractivity contribution is 5.90. The van der Waals surface area contributed by atoms with E-state index in [1.165, 1.54) is 0 Å². The summed E-state index contributed by atoms with van der Waals surface area (Å²) in [4.78, 5) is 39.9. The lowest BCUT2D eigenvalue weighted by molar-refractivity contribution is -0.148. The molecule has 1 saturated heterocycles. The number of carbonyl (C=O) groups excluding carboxylic acids is 3. The second-order valence-electron chi connectivity index (χ2n) is 8.66. The first-order valence-corrected chi connectivity index (χ1v) is 11.6. The van der Waals surface area contributed by atoms with Crippen molar-refractivity contribution < 1.29 is 23.9 Å². The van der Waals surface area contributed by atoms with Crippen molar-refractivity contribution in [1.29, 1.82) is 0 Å². The van der Waals surface area contributed by atoms with Crippen LogP contribution in [0.3, 0.4) is 0 Å². The average molecular weight is 468 g/mol. The standard InChI is InChI=1S/C26H33N3O5/c1-18(2)34-24(30)16-23(19-11-13-22(33-3)14-12-19)28-25(31)20-8-7-15-29(17-20)26(32)27-21-9-5-4-6-10-21/h4-6,9-14,18,20,23H,7-8,15-17H2,1-3H3,(H,27,32)(H,28,31). The monoisotopic (exact) mass is 467 g/mol. The molecule has 0 aliphatic carbocycles. The summed E-state index contributed by atoms with van der Waals surface area (Å²) in [5.41, 5.74) is 1.49. The molecule has 2 aromatic carbocycles. The van der Waals surface area contributed by atoms with Crippen molar-refractivity contribution in [2.24, 2.45) is 5.92 Å². The molecule has 0 saturated carbocycles. The number of urea groups is 1. The predicted molar refractivity (Wildman–Crippen MR) is 129 cm³/mol. The van der Waals surface area contributed by atoms with Crippen LogP contribution in [0.5, 0.6) is 5.75 Å². The number of carbonyl (C=O) groups is 3. The summed E-state index contributed by atoms with van der Waals surface area (Å²) < 4.78 is 10.5. The minimum atomic E-state index is -0.543. The minimum Gasteiger partial charge on any atom is -0.497 e. The number of piperidine rings is 1. The smallest absolute Gasteiger partial charge is 0.321 e. The van der Waals surface area contributed by atoms with E-state index in [-0.39, 0.29) is 36.4 Å². The lowest BCUT2D eigenvalue weighted by atomic mass is 9.95. The Hall–Kier alpha value is -3.55. The molecule has 2 atom stereocenters. The molecule has 8 heteroatoms. The van der Waals surface area contributed by atoms with Crippen molar-refractivity contribution in [2.45, 2.75) is 45.3 Å². The van der Waals surface area contributed by atoms with Gasteiger partial charge in [-0.15, -0.1) is 0 Å². The number of esters is 1. The van der Waals surface area contributed by atoms with Gasteiger partial charge in [-0.3, -0.25) is 9.59 Å². The molecule has 8 nitrogen and oxygen atoms in total. The van der Waals surface area contributed by atoms with E-state index >= 15 is 0 Å². The zero-order valence-electron chi connectivity index (χ0n) is 20.0. The van der Waals surface area contributed by atoms with Crippen LogP contribution in [-0.4, -0.2) is 49.1 Å². The number of benzene rings is 2. The van der Waals surface area contributed by atoms with Gasteiger partial charge in [-0.2, -0.15) is 0 Å². The second kappa shape index (κ2) is 12.1. The summed E-state index contributed by atoms with van der Waals surface area (Å²) in [6.45, 7) is 4.48. The summed E-state index contributed by atoms with van der Waals surface area (Å²) in [7, 11) is 1.58. The van der Waals surface area contributed by atoms with E-state index in [0.717, 1.165) is 12.0 Å². The Kier molecular flexibility index (Phi) is 8.90. The average Bonchev–Trinajstić information content (AvgIpc) is 2.84. The van der Waals surface area contributed by atoms with Gasteiger partial charge in [0, 0.05) is 18.8 Å². The van der Waals surface area contributed by atoms with Crippen LogP contribution in [0.25, 0.3) is 0 Å². The maximum atomic E-state index is 13.2. The molecular formula is C26H33N3O5. The highest BCUT2D eigenvalue weighted by Crippen LogP contribution is 2.24. The van der Waals surface area contributed by atoms with Gasteiger partial charge in [-0.1, -0.05) is 30.3 Å². The van der Waals surface area contributed by atoms with Crippen LogP contribution < -0.4 is 15.4 Å². The third kappa shape index (κ3) is 7.23. The Balaban J connectivity index is 1.66. The predicted octanol–water partition coefficient (Wildman–Crippen LogP) is 4.14. The van der Waals surface area contributed by atoms with Gasteiger partial charge in [-0.05, 0) is 56.5 Å². The zero-order chi connectivity index (χ0) is 24.5. The molecule has 2 aromatic rings. The lowest BCUT2D eigenvalue weighted by Gasteiger charge is -2.33. The van der Waals surface area contributed by atoms with Gasteiger partial charge in [0.1, 0.15) is 5.75 Å².